The van der Waals surface area contributed by atoms with Crippen LogP contribution in [0.5, 0.6) is 0 Å². The molecule has 27 heavy (non-hydrogen) atoms. The van der Waals surface area contributed by atoms with Crippen molar-refractivity contribution in [2.45, 2.75) is 32.8 Å². The highest BCUT2D eigenvalue weighted by Gasteiger charge is 2.31. The first-order valence-corrected chi connectivity index (χ1v) is 9.09. The summed E-state index contributed by atoms with van der Waals surface area (Å²) in [5, 5.41) is 7.59. The van der Waals surface area contributed by atoms with Crippen LogP contribution >= 0.6 is 0 Å². The van der Waals surface area contributed by atoms with Gasteiger partial charge in [-0.2, -0.15) is 5.10 Å². The fourth-order valence-electron chi connectivity index (χ4n) is 3.20. The predicted octanol–water partition coefficient (Wildman–Crippen LogP) is 1.91. The molecule has 0 saturated carbocycles. The smallest absolute Gasteiger partial charge is 0.338 e. The second kappa shape index (κ2) is 8.20. The van der Waals surface area contributed by atoms with Crippen LogP contribution in [0.3, 0.4) is 0 Å². The first kappa shape index (κ1) is 18.9. The van der Waals surface area contributed by atoms with E-state index in [0.717, 1.165) is 10.9 Å². The third kappa shape index (κ3) is 4.27. The number of benzene rings is 1. The summed E-state index contributed by atoms with van der Waals surface area (Å²) in [6.07, 6.45) is 1.88. The van der Waals surface area contributed by atoms with Gasteiger partial charge in [0.2, 0.25) is 0 Å². The number of carbonyl (C=O) groups is 3. The van der Waals surface area contributed by atoms with Crippen LogP contribution in [0.1, 0.15) is 37.0 Å². The van der Waals surface area contributed by atoms with Gasteiger partial charge in [0.25, 0.3) is 5.91 Å². The zero-order chi connectivity index (χ0) is 19.4. The van der Waals surface area contributed by atoms with E-state index in [4.69, 9.17) is 9.47 Å². The Labute approximate surface area is 156 Å². The lowest BCUT2D eigenvalue weighted by Crippen LogP contribution is -2.45. The number of piperidine rings is 1. The number of carbonyl (C=O) groups excluding carboxylic acids is 3. The molecule has 2 aromatic rings. The number of aromatic nitrogens is 2. The van der Waals surface area contributed by atoms with Crippen LogP contribution < -0.4 is 0 Å². The van der Waals surface area contributed by atoms with Crippen LogP contribution in [0, 0.1) is 5.92 Å². The van der Waals surface area contributed by atoms with E-state index in [9.17, 15) is 14.4 Å². The van der Waals surface area contributed by atoms with Gasteiger partial charge in [-0.25, -0.2) is 4.79 Å². The molecule has 8 nitrogen and oxygen atoms in total. The molecule has 0 radical (unpaired) electrons. The number of fused-ring (bicyclic) bond motifs is 1. The number of rotatable bonds is 5. The molecule has 0 bridgehead atoms. The van der Waals surface area contributed by atoms with Crippen molar-refractivity contribution in [3.63, 3.8) is 0 Å². The third-order valence-electron chi connectivity index (χ3n) is 4.74. The minimum atomic E-state index is -0.894. The van der Waals surface area contributed by atoms with Gasteiger partial charge in [-0.05, 0) is 38.8 Å². The normalized spacial score (nSPS) is 16.1. The van der Waals surface area contributed by atoms with Gasteiger partial charge in [0.1, 0.15) is 0 Å². The van der Waals surface area contributed by atoms with Crippen LogP contribution in [-0.4, -0.2) is 58.7 Å². The van der Waals surface area contributed by atoms with Crippen molar-refractivity contribution in [1.29, 1.82) is 0 Å². The van der Waals surface area contributed by atoms with Gasteiger partial charge < -0.3 is 14.4 Å². The van der Waals surface area contributed by atoms with E-state index in [1.54, 1.807) is 43.1 Å². The lowest BCUT2D eigenvalue weighted by Gasteiger charge is -2.32. The van der Waals surface area contributed by atoms with Crippen molar-refractivity contribution >= 4 is 28.7 Å². The topological polar surface area (TPSA) is 102 Å². The van der Waals surface area contributed by atoms with E-state index >= 15 is 0 Å². The molecule has 1 aromatic carbocycles. The third-order valence-corrected chi connectivity index (χ3v) is 4.74. The lowest BCUT2D eigenvalue weighted by atomic mass is 9.97. The maximum atomic E-state index is 12.6. The minimum Gasteiger partial charge on any atom is -0.466 e. The Morgan fingerprint density at radius 1 is 1.30 bits per heavy atom. The highest BCUT2D eigenvalue weighted by Crippen LogP contribution is 2.20. The van der Waals surface area contributed by atoms with E-state index in [1.165, 1.54) is 0 Å². The summed E-state index contributed by atoms with van der Waals surface area (Å²) in [5.74, 6) is -1.20. The van der Waals surface area contributed by atoms with Gasteiger partial charge >= 0.3 is 11.9 Å². The van der Waals surface area contributed by atoms with Crippen LogP contribution in [0.4, 0.5) is 0 Å². The second-order valence-corrected chi connectivity index (χ2v) is 6.57. The average molecular weight is 373 g/mol. The number of likely N-dealkylation sites (tertiary alicyclic amines) is 1. The Morgan fingerprint density at radius 2 is 2.04 bits per heavy atom. The summed E-state index contributed by atoms with van der Waals surface area (Å²) < 4.78 is 10.4. The van der Waals surface area contributed by atoms with Crippen molar-refractivity contribution in [2.75, 3.05) is 19.7 Å². The van der Waals surface area contributed by atoms with Gasteiger partial charge in [-0.3, -0.25) is 14.7 Å². The van der Waals surface area contributed by atoms with Crippen molar-refractivity contribution in [2.24, 2.45) is 5.92 Å². The average Bonchev–Trinajstić information content (AvgIpc) is 3.15. The summed E-state index contributed by atoms with van der Waals surface area (Å²) in [4.78, 5) is 38.3. The van der Waals surface area contributed by atoms with Crippen molar-refractivity contribution in [3.8, 4) is 0 Å². The first-order chi connectivity index (χ1) is 13.0. The highest BCUT2D eigenvalue weighted by molar-refractivity contribution is 5.95. The minimum absolute atomic E-state index is 0.173. The maximum absolute atomic E-state index is 12.6. The van der Waals surface area contributed by atoms with E-state index in [2.05, 4.69) is 10.2 Å². The Hall–Kier alpha value is -2.90. The summed E-state index contributed by atoms with van der Waals surface area (Å²) in [7, 11) is 0. The Bertz CT molecular complexity index is 839. The molecule has 144 valence electrons. The number of ether oxygens (including phenoxy) is 2. The van der Waals surface area contributed by atoms with Crippen LogP contribution in [0.25, 0.3) is 10.9 Å². The summed E-state index contributed by atoms with van der Waals surface area (Å²) in [5.41, 5.74) is 1.08. The molecule has 1 aliphatic heterocycles. The molecule has 0 aliphatic carbocycles. The molecule has 1 amide bonds. The largest absolute Gasteiger partial charge is 0.466 e. The Morgan fingerprint density at radius 3 is 2.74 bits per heavy atom. The zero-order valence-corrected chi connectivity index (χ0v) is 15.4. The number of aromatic amines is 1. The molecule has 8 heteroatoms. The Balaban J connectivity index is 1.54. The molecule has 1 aromatic heterocycles. The van der Waals surface area contributed by atoms with Gasteiger partial charge in [0.05, 0.1) is 29.8 Å². The predicted molar refractivity (Wildman–Crippen MR) is 96.9 cm³/mol. The molecular formula is C19H23N3O5. The molecule has 3 rings (SSSR count). The quantitative estimate of drug-likeness (QED) is 0.804. The monoisotopic (exact) mass is 373 g/mol. The Kier molecular flexibility index (Phi) is 5.73. The molecule has 1 N–H and O–H groups in total. The summed E-state index contributed by atoms with van der Waals surface area (Å²) in [6, 6.07) is 5.05. The van der Waals surface area contributed by atoms with Crippen molar-refractivity contribution < 1.29 is 23.9 Å². The number of esters is 2. The number of hydrogen-bond donors (Lipinski definition) is 1. The van der Waals surface area contributed by atoms with Crippen LogP contribution in [0.15, 0.2) is 24.4 Å². The number of amides is 1. The van der Waals surface area contributed by atoms with Crippen LogP contribution in [-0.2, 0) is 19.1 Å². The van der Waals surface area contributed by atoms with E-state index in [-0.39, 0.29) is 17.8 Å². The lowest BCUT2D eigenvalue weighted by molar-refractivity contribution is -0.152. The zero-order valence-electron chi connectivity index (χ0n) is 15.4. The first-order valence-electron chi connectivity index (χ1n) is 9.09. The number of nitrogens with one attached hydrogen (secondary N) is 1. The van der Waals surface area contributed by atoms with Gasteiger partial charge in [0.15, 0.2) is 6.10 Å². The van der Waals surface area contributed by atoms with Crippen molar-refractivity contribution in [1.82, 2.24) is 15.1 Å². The molecule has 1 fully saturated rings. The van der Waals surface area contributed by atoms with Crippen LogP contribution in [0.2, 0.25) is 0 Å². The van der Waals surface area contributed by atoms with E-state index in [1.807, 2.05) is 0 Å². The highest BCUT2D eigenvalue weighted by atomic mass is 16.5. The molecule has 1 saturated heterocycles. The number of hydrogen-bond acceptors (Lipinski definition) is 6. The van der Waals surface area contributed by atoms with Gasteiger partial charge in [0, 0.05) is 18.5 Å². The fraction of sp³-hybridized carbons (Fsp3) is 0.474. The van der Waals surface area contributed by atoms with Gasteiger partial charge in [-0.1, -0.05) is 6.07 Å². The molecule has 1 aliphatic rings. The summed E-state index contributed by atoms with van der Waals surface area (Å²) >= 11 is 0. The van der Waals surface area contributed by atoms with E-state index < -0.39 is 12.1 Å². The van der Waals surface area contributed by atoms with Gasteiger partial charge in [-0.15, -0.1) is 0 Å². The maximum Gasteiger partial charge on any atom is 0.338 e. The molecule has 0 spiro atoms. The molecule has 1 unspecified atom stereocenters. The SMILES string of the molecule is CCOC(=O)C1CCN(C(=O)C(C)OC(=O)c2ccc3cn[nH]c3c2)CC1. The molecule has 2 heterocycles. The van der Waals surface area contributed by atoms with Crippen molar-refractivity contribution in [3.05, 3.63) is 30.0 Å². The summed E-state index contributed by atoms with van der Waals surface area (Å²) in [6.45, 7) is 4.59. The molecule has 1 atom stereocenters. The fourth-order valence-corrected chi connectivity index (χ4v) is 3.20. The standard InChI is InChI=1S/C19H23N3O5/c1-3-26-18(24)13-6-8-22(9-7-13)17(23)12(2)27-19(25)14-4-5-15-11-20-21-16(15)10-14/h4-5,10-13H,3,6-9H2,1-2H3,(H,20,21). The number of nitrogens with zero attached hydrogens (tertiary/aromatic N) is 2. The second-order valence-electron chi connectivity index (χ2n) is 6.57. The molecular weight excluding hydrogens is 350 g/mol. The van der Waals surface area contributed by atoms with E-state index in [0.29, 0.717) is 38.1 Å². The number of H-pyrrole nitrogens is 1.